The first-order valence-corrected chi connectivity index (χ1v) is 9.36. The molecule has 2 unspecified atom stereocenters. The third-order valence-corrected chi connectivity index (χ3v) is 4.54. The second-order valence-electron chi connectivity index (χ2n) is 6.48. The molecule has 0 saturated heterocycles. The van der Waals surface area contributed by atoms with E-state index in [2.05, 4.69) is 34.6 Å². The molecule has 0 heterocycles. The summed E-state index contributed by atoms with van der Waals surface area (Å²) in [4.78, 5) is 0. The Hall–Kier alpha value is -0.0800. The summed E-state index contributed by atoms with van der Waals surface area (Å²) < 4.78 is 11.9. The van der Waals surface area contributed by atoms with Crippen LogP contribution in [0.25, 0.3) is 0 Å². The zero-order chi connectivity index (χ0) is 15.9. The van der Waals surface area contributed by atoms with Crippen LogP contribution in [0.1, 0.15) is 79.6 Å². The van der Waals surface area contributed by atoms with Crippen LogP contribution in [-0.2, 0) is 9.47 Å². The summed E-state index contributed by atoms with van der Waals surface area (Å²) in [6, 6.07) is 0. The van der Waals surface area contributed by atoms with E-state index >= 15 is 0 Å². The molecule has 0 N–H and O–H groups in total. The Bertz CT molecular complexity index is 186. The number of hydrogen-bond acceptors (Lipinski definition) is 2. The smallest absolute Gasteiger partial charge is 0.0516 e. The topological polar surface area (TPSA) is 18.5 Å². The molecular weight excluding hydrogens is 260 g/mol. The molecule has 0 aliphatic carbocycles. The van der Waals surface area contributed by atoms with Crippen LogP contribution in [0.15, 0.2) is 0 Å². The maximum atomic E-state index is 5.94. The minimum absolute atomic E-state index is 0.559. The lowest BCUT2D eigenvalue weighted by Crippen LogP contribution is -2.20. The van der Waals surface area contributed by atoms with Gasteiger partial charge in [0.05, 0.1) is 13.2 Å². The molecule has 2 nitrogen and oxygen atoms in total. The molecule has 0 radical (unpaired) electrons. The third kappa shape index (κ3) is 11.2. The summed E-state index contributed by atoms with van der Waals surface area (Å²) >= 11 is 0. The van der Waals surface area contributed by atoms with Gasteiger partial charge in [-0.25, -0.2) is 0 Å². The van der Waals surface area contributed by atoms with Crippen LogP contribution in [0, 0.1) is 17.8 Å². The van der Waals surface area contributed by atoms with Crippen molar-refractivity contribution in [3.63, 3.8) is 0 Å². The van der Waals surface area contributed by atoms with Crippen LogP contribution in [0.2, 0.25) is 0 Å². The average molecular weight is 301 g/mol. The molecule has 0 rings (SSSR count). The minimum atomic E-state index is 0.559. The van der Waals surface area contributed by atoms with Crippen molar-refractivity contribution in [2.45, 2.75) is 79.6 Å². The van der Waals surface area contributed by atoms with E-state index in [1.54, 1.807) is 0 Å². The van der Waals surface area contributed by atoms with E-state index < -0.39 is 0 Å². The fraction of sp³-hybridized carbons (Fsp3) is 1.00. The molecule has 0 fully saturated rings. The van der Waals surface area contributed by atoms with Crippen LogP contribution in [0.4, 0.5) is 0 Å². The van der Waals surface area contributed by atoms with Crippen molar-refractivity contribution in [1.82, 2.24) is 0 Å². The van der Waals surface area contributed by atoms with Gasteiger partial charge in [-0.05, 0) is 31.1 Å². The van der Waals surface area contributed by atoms with Gasteiger partial charge in [-0.2, -0.15) is 0 Å². The molecule has 21 heavy (non-hydrogen) atoms. The monoisotopic (exact) mass is 300 g/mol. The van der Waals surface area contributed by atoms with Gasteiger partial charge in [-0.1, -0.05) is 60.3 Å². The summed E-state index contributed by atoms with van der Waals surface area (Å²) in [6.07, 6.45) is 8.72. The van der Waals surface area contributed by atoms with Crippen molar-refractivity contribution in [2.24, 2.45) is 17.8 Å². The van der Waals surface area contributed by atoms with Crippen molar-refractivity contribution in [3.05, 3.63) is 0 Å². The predicted octanol–water partition coefficient (Wildman–Crippen LogP) is 5.70. The molecular formula is C19H40O2. The van der Waals surface area contributed by atoms with Crippen molar-refractivity contribution in [1.29, 1.82) is 0 Å². The third-order valence-electron chi connectivity index (χ3n) is 4.54. The highest BCUT2D eigenvalue weighted by Gasteiger charge is 2.11. The Morgan fingerprint density at radius 3 is 1.14 bits per heavy atom. The zero-order valence-corrected chi connectivity index (χ0v) is 15.3. The molecule has 0 aromatic heterocycles. The first-order valence-electron chi connectivity index (χ1n) is 9.36. The normalized spacial score (nSPS) is 15.9. The summed E-state index contributed by atoms with van der Waals surface area (Å²) in [5, 5.41) is 0. The largest absolute Gasteiger partial charge is 0.381 e. The highest BCUT2D eigenvalue weighted by molar-refractivity contribution is 4.60. The van der Waals surface area contributed by atoms with Crippen LogP contribution in [0.5, 0.6) is 0 Å². The highest BCUT2D eigenvalue weighted by Crippen LogP contribution is 2.14. The average Bonchev–Trinajstić information content (AvgIpc) is 2.51. The Morgan fingerprint density at radius 1 is 0.524 bits per heavy atom. The summed E-state index contributed by atoms with van der Waals surface area (Å²) in [7, 11) is 0. The van der Waals surface area contributed by atoms with Gasteiger partial charge < -0.3 is 9.47 Å². The molecule has 0 saturated carbocycles. The lowest BCUT2D eigenvalue weighted by Gasteiger charge is -2.20. The van der Waals surface area contributed by atoms with Gasteiger partial charge >= 0.3 is 0 Å². The van der Waals surface area contributed by atoms with Gasteiger partial charge in [0, 0.05) is 19.1 Å². The maximum Gasteiger partial charge on any atom is 0.0516 e. The van der Waals surface area contributed by atoms with E-state index in [-0.39, 0.29) is 0 Å². The standard InChI is InChI=1S/C19H40O2/c1-6-11-17(8-3)13-20-15-19(10-5)16-21-14-18(9-4)12-7-2/h17-19H,6-16H2,1-5H3. The first kappa shape index (κ1) is 20.9. The van der Waals surface area contributed by atoms with Crippen LogP contribution >= 0.6 is 0 Å². The van der Waals surface area contributed by atoms with Crippen LogP contribution in [0.3, 0.4) is 0 Å². The second-order valence-corrected chi connectivity index (χ2v) is 6.48. The summed E-state index contributed by atoms with van der Waals surface area (Å²) in [5.74, 6) is 2.04. The van der Waals surface area contributed by atoms with Gasteiger partial charge in [-0.3, -0.25) is 0 Å². The lowest BCUT2D eigenvalue weighted by molar-refractivity contribution is 0.0132. The van der Waals surface area contributed by atoms with E-state index in [0.29, 0.717) is 5.92 Å². The predicted molar refractivity (Wildman–Crippen MR) is 92.8 cm³/mol. The van der Waals surface area contributed by atoms with Crippen LogP contribution < -0.4 is 0 Å². The van der Waals surface area contributed by atoms with Crippen molar-refractivity contribution in [2.75, 3.05) is 26.4 Å². The fourth-order valence-corrected chi connectivity index (χ4v) is 2.71. The molecule has 0 aliphatic rings. The van der Waals surface area contributed by atoms with Gasteiger partial charge in [0.2, 0.25) is 0 Å². The highest BCUT2D eigenvalue weighted by atomic mass is 16.5. The van der Waals surface area contributed by atoms with Gasteiger partial charge in [0.1, 0.15) is 0 Å². The lowest BCUT2D eigenvalue weighted by atomic mass is 10.0. The van der Waals surface area contributed by atoms with Crippen molar-refractivity contribution >= 4 is 0 Å². The van der Waals surface area contributed by atoms with Crippen LogP contribution in [-0.4, -0.2) is 26.4 Å². The fourth-order valence-electron chi connectivity index (χ4n) is 2.71. The maximum absolute atomic E-state index is 5.94. The molecule has 0 bridgehead atoms. The quantitative estimate of drug-likeness (QED) is 0.386. The number of rotatable bonds is 15. The number of hydrogen-bond donors (Lipinski definition) is 0. The zero-order valence-electron chi connectivity index (χ0n) is 15.3. The van der Waals surface area contributed by atoms with Crippen molar-refractivity contribution < 1.29 is 9.47 Å². The Morgan fingerprint density at radius 2 is 0.857 bits per heavy atom. The minimum Gasteiger partial charge on any atom is -0.381 e. The molecule has 0 spiro atoms. The Labute approximate surface area is 134 Å². The molecule has 128 valence electrons. The molecule has 0 amide bonds. The molecule has 2 heteroatoms. The van der Waals surface area contributed by atoms with E-state index in [1.807, 2.05) is 0 Å². The summed E-state index contributed by atoms with van der Waals surface area (Å²) in [6.45, 7) is 14.9. The van der Waals surface area contributed by atoms with E-state index in [0.717, 1.165) is 44.7 Å². The first-order chi connectivity index (χ1) is 10.2. The van der Waals surface area contributed by atoms with E-state index in [4.69, 9.17) is 9.47 Å². The molecule has 2 atom stereocenters. The SMILES string of the molecule is CCCC(CC)COCC(CC)COCC(CC)CCC. The van der Waals surface area contributed by atoms with E-state index in [1.165, 1.54) is 38.5 Å². The van der Waals surface area contributed by atoms with Crippen molar-refractivity contribution in [3.8, 4) is 0 Å². The van der Waals surface area contributed by atoms with E-state index in [9.17, 15) is 0 Å². The van der Waals surface area contributed by atoms with Gasteiger partial charge in [0.25, 0.3) is 0 Å². The Balaban J connectivity index is 3.79. The van der Waals surface area contributed by atoms with Gasteiger partial charge in [-0.15, -0.1) is 0 Å². The van der Waals surface area contributed by atoms with Gasteiger partial charge in [0.15, 0.2) is 0 Å². The molecule has 0 aromatic carbocycles. The Kier molecular flexibility index (Phi) is 14.8. The number of ether oxygens (including phenoxy) is 2. The molecule has 0 aliphatic heterocycles. The molecule has 0 aromatic rings. The second kappa shape index (κ2) is 14.8. The summed E-state index contributed by atoms with van der Waals surface area (Å²) in [5.41, 5.74) is 0.